The lowest BCUT2D eigenvalue weighted by Gasteiger charge is -2.25. The summed E-state index contributed by atoms with van der Waals surface area (Å²) >= 11 is 2.43. The molecule has 1 N–H and O–H groups in total. The standard InChI is InChI=1S/C8H16IN/c9-5-2-6-10-7-8-3-1-4-8/h8,10H,1-7H2. The molecule has 0 amide bonds. The van der Waals surface area contributed by atoms with Gasteiger partial charge < -0.3 is 5.32 Å². The molecule has 1 aliphatic carbocycles. The second kappa shape index (κ2) is 5.35. The van der Waals surface area contributed by atoms with Crippen molar-refractivity contribution in [1.82, 2.24) is 5.32 Å². The van der Waals surface area contributed by atoms with Crippen molar-refractivity contribution in [3.63, 3.8) is 0 Å². The zero-order valence-electron chi connectivity index (χ0n) is 6.41. The third-order valence-corrected chi connectivity index (χ3v) is 2.91. The topological polar surface area (TPSA) is 12.0 Å². The van der Waals surface area contributed by atoms with E-state index in [9.17, 15) is 0 Å². The van der Waals surface area contributed by atoms with Crippen LogP contribution in [0.5, 0.6) is 0 Å². The van der Waals surface area contributed by atoms with Crippen LogP contribution in [0.25, 0.3) is 0 Å². The average Bonchev–Trinajstić information content (AvgIpc) is 1.84. The molecule has 0 spiro atoms. The quantitative estimate of drug-likeness (QED) is 0.450. The highest BCUT2D eigenvalue weighted by atomic mass is 127. The van der Waals surface area contributed by atoms with E-state index in [4.69, 9.17) is 0 Å². The van der Waals surface area contributed by atoms with Gasteiger partial charge in [0.15, 0.2) is 0 Å². The van der Waals surface area contributed by atoms with Crippen molar-refractivity contribution in [2.24, 2.45) is 5.92 Å². The first-order valence-corrected chi connectivity index (χ1v) is 5.72. The molecule has 1 saturated carbocycles. The molecule has 0 unspecified atom stereocenters. The maximum Gasteiger partial charge on any atom is 0.000735 e. The molecule has 0 aromatic heterocycles. The van der Waals surface area contributed by atoms with Gasteiger partial charge in [0.05, 0.1) is 0 Å². The fourth-order valence-corrected chi connectivity index (χ4v) is 1.58. The van der Waals surface area contributed by atoms with Gasteiger partial charge >= 0.3 is 0 Å². The zero-order chi connectivity index (χ0) is 7.23. The van der Waals surface area contributed by atoms with Gasteiger partial charge in [0.2, 0.25) is 0 Å². The van der Waals surface area contributed by atoms with E-state index in [2.05, 4.69) is 27.9 Å². The Morgan fingerprint density at radius 3 is 2.70 bits per heavy atom. The Balaban J connectivity index is 1.76. The summed E-state index contributed by atoms with van der Waals surface area (Å²) in [7, 11) is 0. The molecule has 10 heavy (non-hydrogen) atoms. The maximum atomic E-state index is 3.48. The summed E-state index contributed by atoms with van der Waals surface area (Å²) < 4.78 is 1.29. The summed E-state index contributed by atoms with van der Waals surface area (Å²) in [5, 5.41) is 3.48. The van der Waals surface area contributed by atoms with Gasteiger partial charge in [0.25, 0.3) is 0 Å². The summed E-state index contributed by atoms with van der Waals surface area (Å²) in [5.74, 6) is 1.02. The highest BCUT2D eigenvalue weighted by molar-refractivity contribution is 14.1. The van der Waals surface area contributed by atoms with Crippen molar-refractivity contribution in [2.45, 2.75) is 25.7 Å². The van der Waals surface area contributed by atoms with Crippen molar-refractivity contribution in [3.05, 3.63) is 0 Å². The van der Waals surface area contributed by atoms with Gasteiger partial charge in [-0.15, -0.1) is 0 Å². The fourth-order valence-electron chi connectivity index (χ4n) is 1.19. The van der Waals surface area contributed by atoms with Crippen LogP contribution in [0.4, 0.5) is 0 Å². The van der Waals surface area contributed by atoms with Gasteiger partial charge in [-0.3, -0.25) is 0 Å². The van der Waals surface area contributed by atoms with E-state index < -0.39 is 0 Å². The van der Waals surface area contributed by atoms with Crippen molar-refractivity contribution < 1.29 is 0 Å². The number of halogens is 1. The van der Waals surface area contributed by atoms with Crippen molar-refractivity contribution in [3.8, 4) is 0 Å². The van der Waals surface area contributed by atoms with E-state index in [-0.39, 0.29) is 0 Å². The average molecular weight is 253 g/mol. The summed E-state index contributed by atoms with van der Waals surface area (Å²) in [6.45, 7) is 2.50. The van der Waals surface area contributed by atoms with Crippen molar-refractivity contribution >= 4 is 22.6 Å². The third kappa shape index (κ3) is 3.19. The molecule has 0 aliphatic heterocycles. The smallest absolute Gasteiger partial charge is 0.000735 e. The first-order chi connectivity index (χ1) is 4.93. The SMILES string of the molecule is ICCCNCC1CCC1. The van der Waals surface area contributed by atoms with Crippen molar-refractivity contribution in [2.75, 3.05) is 17.5 Å². The monoisotopic (exact) mass is 253 g/mol. The van der Waals surface area contributed by atoms with E-state index in [1.807, 2.05) is 0 Å². The predicted octanol–water partition coefficient (Wildman–Crippen LogP) is 2.20. The molecule has 1 aliphatic rings. The first-order valence-electron chi connectivity index (χ1n) is 4.20. The van der Waals surface area contributed by atoms with Gasteiger partial charge in [0, 0.05) is 4.43 Å². The van der Waals surface area contributed by atoms with E-state index >= 15 is 0 Å². The van der Waals surface area contributed by atoms with Crippen LogP contribution < -0.4 is 5.32 Å². The maximum absolute atomic E-state index is 3.48. The van der Waals surface area contributed by atoms with Crippen LogP contribution >= 0.6 is 22.6 Å². The molecule has 0 aromatic carbocycles. The molecular formula is C8H16IN. The van der Waals surface area contributed by atoms with Crippen LogP contribution in [0, 0.1) is 5.92 Å². The highest BCUT2D eigenvalue weighted by Gasteiger charge is 2.15. The van der Waals surface area contributed by atoms with E-state index in [0.29, 0.717) is 0 Å². The molecule has 2 heteroatoms. The van der Waals surface area contributed by atoms with Crippen LogP contribution in [0.2, 0.25) is 0 Å². The Bertz CT molecular complexity index is 81.3. The van der Waals surface area contributed by atoms with Gasteiger partial charge in [-0.05, 0) is 38.3 Å². The van der Waals surface area contributed by atoms with E-state index in [0.717, 1.165) is 5.92 Å². The second-order valence-electron chi connectivity index (χ2n) is 3.04. The third-order valence-electron chi connectivity index (χ3n) is 2.14. The van der Waals surface area contributed by atoms with Gasteiger partial charge in [-0.2, -0.15) is 0 Å². The molecule has 0 radical (unpaired) electrons. The minimum atomic E-state index is 1.02. The minimum Gasteiger partial charge on any atom is -0.316 e. The largest absolute Gasteiger partial charge is 0.316 e. The summed E-state index contributed by atoms with van der Waals surface area (Å²) in [4.78, 5) is 0. The Kier molecular flexibility index (Phi) is 4.70. The second-order valence-corrected chi connectivity index (χ2v) is 4.12. The fraction of sp³-hybridized carbons (Fsp3) is 1.00. The first kappa shape index (κ1) is 8.78. The van der Waals surface area contributed by atoms with Gasteiger partial charge in [-0.25, -0.2) is 0 Å². The minimum absolute atomic E-state index is 1.02. The van der Waals surface area contributed by atoms with Gasteiger partial charge in [-0.1, -0.05) is 29.0 Å². The molecule has 60 valence electrons. The number of rotatable bonds is 5. The number of hydrogen-bond donors (Lipinski definition) is 1. The van der Waals surface area contributed by atoms with Crippen LogP contribution in [-0.2, 0) is 0 Å². The molecule has 0 heterocycles. The summed E-state index contributed by atoms with van der Waals surface area (Å²) in [6, 6.07) is 0. The Morgan fingerprint density at radius 2 is 2.20 bits per heavy atom. The molecule has 1 rings (SSSR count). The molecule has 1 nitrogen and oxygen atoms in total. The normalized spacial score (nSPS) is 18.9. The van der Waals surface area contributed by atoms with Crippen LogP contribution in [-0.4, -0.2) is 17.5 Å². The van der Waals surface area contributed by atoms with E-state index in [1.54, 1.807) is 0 Å². The molecular weight excluding hydrogens is 237 g/mol. The van der Waals surface area contributed by atoms with Crippen molar-refractivity contribution in [1.29, 1.82) is 0 Å². The summed E-state index contributed by atoms with van der Waals surface area (Å²) in [6.07, 6.45) is 5.74. The van der Waals surface area contributed by atoms with Crippen LogP contribution in [0.1, 0.15) is 25.7 Å². The highest BCUT2D eigenvalue weighted by Crippen LogP contribution is 2.24. The molecule has 1 fully saturated rings. The zero-order valence-corrected chi connectivity index (χ0v) is 8.56. The lowest BCUT2D eigenvalue weighted by atomic mass is 9.85. The van der Waals surface area contributed by atoms with Gasteiger partial charge in [0.1, 0.15) is 0 Å². The number of hydrogen-bond acceptors (Lipinski definition) is 1. The Morgan fingerprint density at radius 1 is 1.40 bits per heavy atom. The molecule has 0 saturated heterocycles. The molecule has 0 bridgehead atoms. The number of alkyl halides is 1. The molecule has 0 aromatic rings. The summed E-state index contributed by atoms with van der Waals surface area (Å²) in [5.41, 5.74) is 0. The Hall–Kier alpha value is 0.690. The number of nitrogens with one attached hydrogen (secondary N) is 1. The predicted molar refractivity (Wildman–Crippen MR) is 53.7 cm³/mol. The van der Waals surface area contributed by atoms with E-state index in [1.165, 1.54) is 43.2 Å². The molecule has 0 atom stereocenters. The lowest BCUT2D eigenvalue weighted by Crippen LogP contribution is -2.28. The van der Waals surface area contributed by atoms with Crippen LogP contribution in [0.15, 0.2) is 0 Å². The van der Waals surface area contributed by atoms with Crippen LogP contribution in [0.3, 0.4) is 0 Å². The Labute approximate surface area is 77.1 Å². The lowest BCUT2D eigenvalue weighted by molar-refractivity contribution is 0.302.